The second-order valence-electron chi connectivity index (χ2n) is 7.72. The maximum absolute atomic E-state index is 12.9. The molecule has 6 heteroatoms. The fraction of sp³-hybridized carbons (Fsp3) is 0.391. The first-order valence-corrected chi connectivity index (χ1v) is 10.7. The molecule has 29 heavy (non-hydrogen) atoms. The minimum Gasteiger partial charge on any atom is -0.369 e. The highest BCUT2D eigenvalue weighted by molar-refractivity contribution is 6.30. The molecule has 3 heterocycles. The van der Waals surface area contributed by atoms with E-state index in [1.807, 2.05) is 6.92 Å². The number of hydrogen-bond donors (Lipinski definition) is 1. The van der Waals surface area contributed by atoms with Crippen LogP contribution in [0.15, 0.2) is 42.6 Å². The van der Waals surface area contributed by atoms with Crippen molar-refractivity contribution in [1.82, 2.24) is 14.7 Å². The summed E-state index contributed by atoms with van der Waals surface area (Å²) in [5.41, 5.74) is 4.40. The Balaban J connectivity index is 1.47. The third kappa shape index (κ3) is 4.10. The summed E-state index contributed by atoms with van der Waals surface area (Å²) in [5.74, 6) is -0.120. The Hall–Kier alpha value is -2.53. The molecule has 1 amide bonds. The minimum atomic E-state index is -0.120. The number of hydrogen-bond acceptors (Lipinski definition) is 3. The van der Waals surface area contributed by atoms with Gasteiger partial charge in [0, 0.05) is 42.1 Å². The van der Waals surface area contributed by atoms with E-state index >= 15 is 0 Å². The summed E-state index contributed by atoms with van der Waals surface area (Å²) < 4.78 is 1.81. The Morgan fingerprint density at radius 2 is 2.03 bits per heavy atom. The van der Waals surface area contributed by atoms with Crippen molar-refractivity contribution in [3.63, 3.8) is 0 Å². The zero-order valence-corrected chi connectivity index (χ0v) is 17.7. The predicted octanol–water partition coefficient (Wildman–Crippen LogP) is 4.86. The molecule has 1 aliphatic heterocycles. The van der Waals surface area contributed by atoms with E-state index in [1.54, 1.807) is 22.7 Å². The van der Waals surface area contributed by atoms with E-state index < -0.39 is 0 Å². The number of nitrogens with one attached hydrogen (secondary N) is 1. The van der Waals surface area contributed by atoms with Crippen LogP contribution < -0.4 is 10.2 Å². The lowest BCUT2D eigenvalue weighted by molar-refractivity contribution is 0.0944. The van der Waals surface area contributed by atoms with Gasteiger partial charge in [-0.25, -0.2) is 4.98 Å². The topological polar surface area (TPSA) is 49.6 Å². The molecule has 3 aromatic rings. The number of rotatable bonds is 5. The largest absolute Gasteiger partial charge is 0.369 e. The summed E-state index contributed by atoms with van der Waals surface area (Å²) in [5, 5.41) is 3.66. The van der Waals surface area contributed by atoms with Gasteiger partial charge in [-0.3, -0.25) is 9.20 Å². The molecule has 0 bridgehead atoms. The van der Waals surface area contributed by atoms with Gasteiger partial charge >= 0.3 is 0 Å². The van der Waals surface area contributed by atoms with Crippen LogP contribution in [-0.2, 0) is 13.0 Å². The fourth-order valence-electron chi connectivity index (χ4n) is 4.11. The van der Waals surface area contributed by atoms with Gasteiger partial charge < -0.3 is 10.2 Å². The Kier molecular flexibility index (Phi) is 5.76. The van der Waals surface area contributed by atoms with Crippen LogP contribution in [0, 0.1) is 0 Å². The summed E-state index contributed by atoms with van der Waals surface area (Å²) in [6, 6.07) is 12.7. The van der Waals surface area contributed by atoms with Gasteiger partial charge in [0.1, 0.15) is 11.3 Å². The van der Waals surface area contributed by atoms with E-state index in [0.29, 0.717) is 35.4 Å². The molecule has 0 saturated carbocycles. The van der Waals surface area contributed by atoms with E-state index in [2.05, 4.69) is 46.4 Å². The first-order chi connectivity index (χ1) is 14.1. The highest BCUT2D eigenvalue weighted by Gasteiger charge is 2.19. The highest BCUT2D eigenvalue weighted by Crippen LogP contribution is 2.25. The summed E-state index contributed by atoms with van der Waals surface area (Å²) >= 11 is 6.06. The Bertz CT molecular complexity index is 1010. The lowest BCUT2D eigenvalue weighted by Gasteiger charge is -2.35. The van der Waals surface area contributed by atoms with Crippen LogP contribution in [0.1, 0.15) is 54.9 Å². The number of pyridine rings is 1. The van der Waals surface area contributed by atoms with Crippen LogP contribution in [0.5, 0.6) is 0 Å². The summed E-state index contributed by atoms with van der Waals surface area (Å²) in [7, 11) is 0. The molecule has 1 fully saturated rings. The van der Waals surface area contributed by atoms with E-state index in [-0.39, 0.29) is 5.91 Å². The molecule has 1 aliphatic rings. The van der Waals surface area contributed by atoms with Crippen molar-refractivity contribution in [1.29, 1.82) is 0 Å². The smallest absolute Gasteiger partial charge is 0.270 e. The number of nitrogens with zero attached hydrogens (tertiary/aromatic N) is 3. The SMILES string of the molecule is CCc1nc2cc(Cl)ccn2c1C(=O)NCc1ccc(N2CCCCC2C)cc1. The van der Waals surface area contributed by atoms with Crippen LogP contribution in [0.25, 0.3) is 5.65 Å². The van der Waals surface area contributed by atoms with Crippen LogP contribution in [0.3, 0.4) is 0 Å². The third-order valence-electron chi connectivity index (χ3n) is 5.73. The zero-order valence-electron chi connectivity index (χ0n) is 17.0. The quantitative estimate of drug-likeness (QED) is 0.653. The second-order valence-corrected chi connectivity index (χ2v) is 8.16. The lowest BCUT2D eigenvalue weighted by Crippen LogP contribution is -2.37. The van der Waals surface area contributed by atoms with Gasteiger partial charge in [0.25, 0.3) is 5.91 Å². The van der Waals surface area contributed by atoms with Crippen molar-refractivity contribution in [2.24, 2.45) is 0 Å². The second kappa shape index (κ2) is 8.46. The zero-order chi connectivity index (χ0) is 20.4. The van der Waals surface area contributed by atoms with Gasteiger partial charge in [-0.15, -0.1) is 0 Å². The molecule has 0 radical (unpaired) electrons. The number of aryl methyl sites for hydroxylation is 1. The van der Waals surface area contributed by atoms with Crippen LogP contribution in [-0.4, -0.2) is 27.9 Å². The number of amides is 1. The van der Waals surface area contributed by atoms with Crippen molar-refractivity contribution in [2.45, 2.75) is 52.1 Å². The van der Waals surface area contributed by atoms with Crippen molar-refractivity contribution in [3.8, 4) is 0 Å². The first kappa shape index (κ1) is 19.8. The minimum absolute atomic E-state index is 0.120. The van der Waals surface area contributed by atoms with Gasteiger partial charge in [0.15, 0.2) is 0 Å². The summed E-state index contributed by atoms with van der Waals surface area (Å²) in [6.07, 6.45) is 6.31. The maximum Gasteiger partial charge on any atom is 0.270 e. The van der Waals surface area contributed by atoms with Crippen LogP contribution in [0.4, 0.5) is 5.69 Å². The van der Waals surface area contributed by atoms with Gasteiger partial charge in [0.2, 0.25) is 0 Å². The third-order valence-corrected chi connectivity index (χ3v) is 5.97. The molecular formula is C23H27ClN4O. The number of halogens is 1. The molecule has 5 nitrogen and oxygen atoms in total. The number of piperidine rings is 1. The Morgan fingerprint density at radius 1 is 1.24 bits per heavy atom. The fourth-order valence-corrected chi connectivity index (χ4v) is 4.26. The molecular weight excluding hydrogens is 384 g/mol. The van der Waals surface area contributed by atoms with Gasteiger partial charge in [0.05, 0.1) is 5.69 Å². The number of benzene rings is 1. The van der Waals surface area contributed by atoms with Crippen molar-refractivity contribution >= 4 is 28.8 Å². The van der Waals surface area contributed by atoms with Gasteiger partial charge in [-0.2, -0.15) is 0 Å². The molecule has 1 unspecified atom stereocenters. The number of carbonyl (C=O) groups excluding carboxylic acids is 1. The van der Waals surface area contributed by atoms with Crippen molar-refractivity contribution in [3.05, 3.63) is 64.6 Å². The number of carbonyl (C=O) groups is 1. The van der Waals surface area contributed by atoms with Crippen LogP contribution in [0.2, 0.25) is 5.02 Å². The van der Waals surface area contributed by atoms with Gasteiger partial charge in [-0.05, 0) is 56.4 Å². The monoisotopic (exact) mass is 410 g/mol. The average molecular weight is 411 g/mol. The lowest BCUT2D eigenvalue weighted by atomic mass is 10.0. The molecule has 0 spiro atoms. The molecule has 2 aromatic heterocycles. The summed E-state index contributed by atoms with van der Waals surface area (Å²) in [6.45, 7) is 5.90. The highest BCUT2D eigenvalue weighted by atomic mass is 35.5. The predicted molar refractivity (Wildman–Crippen MR) is 118 cm³/mol. The average Bonchev–Trinajstić information content (AvgIpc) is 3.10. The van der Waals surface area contributed by atoms with E-state index in [1.165, 1.54) is 24.9 Å². The normalized spacial score (nSPS) is 16.9. The molecule has 4 rings (SSSR count). The number of fused-ring (bicyclic) bond motifs is 1. The Morgan fingerprint density at radius 3 is 2.76 bits per heavy atom. The van der Waals surface area contributed by atoms with Crippen molar-refractivity contribution in [2.75, 3.05) is 11.4 Å². The molecule has 1 N–H and O–H groups in total. The van der Waals surface area contributed by atoms with E-state index in [0.717, 1.165) is 17.8 Å². The molecule has 1 aromatic carbocycles. The molecule has 1 saturated heterocycles. The first-order valence-electron chi connectivity index (χ1n) is 10.4. The molecule has 0 aliphatic carbocycles. The van der Waals surface area contributed by atoms with Gasteiger partial charge in [-0.1, -0.05) is 30.7 Å². The number of anilines is 1. The van der Waals surface area contributed by atoms with Crippen molar-refractivity contribution < 1.29 is 4.79 Å². The van der Waals surface area contributed by atoms with Crippen LogP contribution >= 0.6 is 11.6 Å². The summed E-state index contributed by atoms with van der Waals surface area (Å²) in [4.78, 5) is 19.9. The maximum atomic E-state index is 12.9. The number of aromatic nitrogens is 2. The van der Waals surface area contributed by atoms with E-state index in [4.69, 9.17) is 11.6 Å². The molecule has 152 valence electrons. The number of imidazole rings is 1. The Labute approximate surface area is 176 Å². The standard InChI is InChI=1S/C23H27ClN4O/c1-3-20-22(28-13-11-18(24)14-21(28)26-20)23(29)25-15-17-7-9-19(10-8-17)27-12-5-4-6-16(27)2/h7-11,13-14,16H,3-6,12,15H2,1-2H3,(H,25,29). The molecule has 1 atom stereocenters. The van der Waals surface area contributed by atoms with E-state index in [9.17, 15) is 4.79 Å².